The smallest absolute Gasteiger partial charge is 0.322 e. The summed E-state index contributed by atoms with van der Waals surface area (Å²) in [6, 6.07) is 11.4. The number of amides is 1. The summed E-state index contributed by atoms with van der Waals surface area (Å²) in [5, 5.41) is 21.0. The van der Waals surface area contributed by atoms with E-state index in [9.17, 15) is 14.9 Å². The molecule has 0 unspecified atom stereocenters. The highest BCUT2D eigenvalue weighted by Gasteiger charge is 2.15. The van der Waals surface area contributed by atoms with Gasteiger partial charge in [0, 0.05) is 17.7 Å². The Hall–Kier alpha value is -3.55. The van der Waals surface area contributed by atoms with Crippen LogP contribution in [0, 0.1) is 24.0 Å². The Morgan fingerprint density at radius 3 is 2.73 bits per heavy atom. The lowest BCUT2D eigenvalue weighted by Crippen LogP contribution is -2.12. The van der Waals surface area contributed by atoms with Gasteiger partial charge in [0.2, 0.25) is 5.89 Å². The van der Waals surface area contributed by atoms with Crippen LogP contribution in [0.5, 0.6) is 0 Å². The van der Waals surface area contributed by atoms with Crippen LogP contribution < -0.4 is 5.32 Å². The number of hydrogen-bond donors (Lipinski definition) is 1. The molecule has 2 aromatic carbocycles. The lowest BCUT2D eigenvalue weighted by atomic mass is 10.0. The van der Waals surface area contributed by atoms with Gasteiger partial charge in [-0.15, -0.1) is 5.10 Å². The number of aromatic nitrogens is 2. The van der Waals surface area contributed by atoms with Crippen LogP contribution in [0.2, 0.25) is 0 Å². The fourth-order valence-corrected chi connectivity index (χ4v) is 2.51. The maximum atomic E-state index is 12.2. The van der Waals surface area contributed by atoms with Crippen LogP contribution >= 0.6 is 0 Å². The molecular formula is C18H16N4O4. The van der Waals surface area contributed by atoms with E-state index in [1.807, 2.05) is 26.0 Å². The standard InChI is InChI=1S/C18H16N4O4/c1-11-6-7-13(12(2)8-11)10-16-20-21-18(26-16)19-17(23)14-4-3-5-15(9-14)22(24)25/h3-9H,10H2,1-2H3,(H,19,21,23). The van der Waals surface area contributed by atoms with Crippen molar-refractivity contribution in [3.8, 4) is 0 Å². The van der Waals surface area contributed by atoms with E-state index < -0.39 is 10.8 Å². The predicted octanol–water partition coefficient (Wildman–Crippen LogP) is 3.44. The Kier molecular flexibility index (Phi) is 4.74. The van der Waals surface area contributed by atoms with Crippen LogP contribution in [0.1, 0.15) is 32.9 Å². The first kappa shape index (κ1) is 17.3. The molecule has 0 saturated heterocycles. The molecule has 0 spiro atoms. The quantitative estimate of drug-likeness (QED) is 0.556. The summed E-state index contributed by atoms with van der Waals surface area (Å²) < 4.78 is 5.45. The average Bonchev–Trinajstić information content (AvgIpc) is 3.04. The van der Waals surface area contributed by atoms with Crippen molar-refractivity contribution in [1.82, 2.24) is 10.2 Å². The zero-order valence-corrected chi connectivity index (χ0v) is 14.2. The first-order valence-corrected chi connectivity index (χ1v) is 7.86. The van der Waals surface area contributed by atoms with Crippen LogP contribution in [0.3, 0.4) is 0 Å². The van der Waals surface area contributed by atoms with Crippen LogP contribution in [-0.4, -0.2) is 21.0 Å². The van der Waals surface area contributed by atoms with Gasteiger partial charge in [-0.25, -0.2) is 0 Å². The number of non-ortho nitro benzene ring substituents is 1. The van der Waals surface area contributed by atoms with Gasteiger partial charge in [0.15, 0.2) is 0 Å². The van der Waals surface area contributed by atoms with Gasteiger partial charge < -0.3 is 4.42 Å². The molecule has 0 radical (unpaired) electrons. The lowest BCUT2D eigenvalue weighted by Gasteiger charge is -2.04. The van der Waals surface area contributed by atoms with E-state index >= 15 is 0 Å². The van der Waals surface area contributed by atoms with Crippen LogP contribution in [0.15, 0.2) is 46.9 Å². The molecule has 3 aromatic rings. The molecular weight excluding hydrogens is 336 g/mol. The number of nitro groups is 1. The molecule has 0 aliphatic heterocycles. The van der Waals surface area contributed by atoms with Crippen molar-refractivity contribution in [3.63, 3.8) is 0 Å². The second-order valence-corrected chi connectivity index (χ2v) is 5.87. The first-order valence-electron chi connectivity index (χ1n) is 7.86. The number of aryl methyl sites for hydroxylation is 2. The maximum Gasteiger partial charge on any atom is 0.322 e. The SMILES string of the molecule is Cc1ccc(Cc2nnc(NC(=O)c3cccc([N+](=O)[O-])c3)o2)c(C)c1. The van der Waals surface area contributed by atoms with Gasteiger partial charge in [-0.05, 0) is 31.0 Å². The van der Waals surface area contributed by atoms with Crippen molar-refractivity contribution < 1.29 is 14.1 Å². The fourth-order valence-electron chi connectivity index (χ4n) is 2.51. The van der Waals surface area contributed by atoms with E-state index in [1.54, 1.807) is 0 Å². The Morgan fingerprint density at radius 2 is 2.00 bits per heavy atom. The van der Waals surface area contributed by atoms with E-state index in [-0.39, 0.29) is 17.3 Å². The Labute approximate surface area is 149 Å². The zero-order valence-electron chi connectivity index (χ0n) is 14.2. The highest BCUT2D eigenvalue weighted by atomic mass is 16.6. The van der Waals surface area contributed by atoms with Gasteiger partial charge in [-0.3, -0.25) is 20.2 Å². The molecule has 8 heteroatoms. The summed E-state index contributed by atoms with van der Waals surface area (Å²) in [4.78, 5) is 22.4. The molecule has 0 atom stereocenters. The van der Waals surface area contributed by atoms with Crippen molar-refractivity contribution in [2.75, 3.05) is 5.32 Å². The molecule has 3 rings (SSSR count). The molecule has 1 heterocycles. The second-order valence-electron chi connectivity index (χ2n) is 5.87. The number of nitro benzene ring substituents is 1. The van der Waals surface area contributed by atoms with Crippen molar-refractivity contribution in [2.45, 2.75) is 20.3 Å². The second kappa shape index (κ2) is 7.14. The van der Waals surface area contributed by atoms with E-state index in [0.29, 0.717) is 12.3 Å². The Morgan fingerprint density at radius 1 is 1.19 bits per heavy atom. The third-order valence-electron chi connectivity index (χ3n) is 3.85. The zero-order chi connectivity index (χ0) is 18.7. The summed E-state index contributed by atoms with van der Waals surface area (Å²) in [6.07, 6.45) is 0.450. The summed E-state index contributed by atoms with van der Waals surface area (Å²) in [5.74, 6) is -0.193. The first-order chi connectivity index (χ1) is 12.4. The van der Waals surface area contributed by atoms with Gasteiger partial charge in [-0.1, -0.05) is 34.9 Å². The van der Waals surface area contributed by atoms with Crippen LogP contribution in [-0.2, 0) is 6.42 Å². The number of nitrogens with zero attached hydrogens (tertiary/aromatic N) is 3. The predicted molar refractivity (Wildman–Crippen MR) is 94.1 cm³/mol. The largest absolute Gasteiger partial charge is 0.407 e. The summed E-state index contributed by atoms with van der Waals surface area (Å²) in [7, 11) is 0. The minimum atomic E-state index is -0.564. The highest BCUT2D eigenvalue weighted by molar-refractivity contribution is 6.03. The lowest BCUT2D eigenvalue weighted by molar-refractivity contribution is -0.384. The fraction of sp³-hybridized carbons (Fsp3) is 0.167. The van der Waals surface area contributed by atoms with E-state index in [4.69, 9.17) is 4.42 Å². The van der Waals surface area contributed by atoms with Crippen molar-refractivity contribution >= 4 is 17.6 Å². The number of benzene rings is 2. The van der Waals surface area contributed by atoms with Gasteiger partial charge in [0.25, 0.3) is 11.6 Å². The molecule has 8 nitrogen and oxygen atoms in total. The Balaban J connectivity index is 1.71. The third-order valence-corrected chi connectivity index (χ3v) is 3.85. The molecule has 26 heavy (non-hydrogen) atoms. The van der Waals surface area contributed by atoms with Gasteiger partial charge in [0.1, 0.15) is 0 Å². The molecule has 1 amide bonds. The highest BCUT2D eigenvalue weighted by Crippen LogP contribution is 2.18. The molecule has 0 aliphatic rings. The molecule has 132 valence electrons. The molecule has 1 N–H and O–H groups in total. The van der Waals surface area contributed by atoms with Crippen molar-refractivity contribution in [2.24, 2.45) is 0 Å². The third kappa shape index (κ3) is 3.92. The monoisotopic (exact) mass is 352 g/mol. The summed E-state index contributed by atoms with van der Waals surface area (Å²) in [6.45, 7) is 4.02. The number of hydrogen-bond acceptors (Lipinski definition) is 6. The van der Waals surface area contributed by atoms with E-state index in [1.165, 1.54) is 29.8 Å². The van der Waals surface area contributed by atoms with E-state index in [2.05, 4.69) is 21.6 Å². The minimum Gasteiger partial charge on any atom is -0.407 e. The number of nitrogens with one attached hydrogen (secondary N) is 1. The normalized spacial score (nSPS) is 10.5. The van der Waals surface area contributed by atoms with Crippen molar-refractivity contribution in [1.29, 1.82) is 0 Å². The van der Waals surface area contributed by atoms with Gasteiger partial charge in [0.05, 0.1) is 11.3 Å². The molecule has 0 fully saturated rings. The number of carbonyl (C=O) groups is 1. The molecule has 0 aliphatic carbocycles. The summed E-state index contributed by atoms with van der Waals surface area (Å²) in [5.41, 5.74) is 3.30. The maximum absolute atomic E-state index is 12.2. The van der Waals surface area contributed by atoms with Gasteiger partial charge >= 0.3 is 6.01 Å². The Bertz CT molecular complexity index is 981. The average molecular weight is 352 g/mol. The van der Waals surface area contributed by atoms with Gasteiger partial charge in [-0.2, -0.15) is 0 Å². The molecule has 1 aromatic heterocycles. The number of carbonyl (C=O) groups excluding carboxylic acids is 1. The number of anilines is 1. The number of rotatable bonds is 5. The van der Waals surface area contributed by atoms with E-state index in [0.717, 1.165) is 11.1 Å². The summed E-state index contributed by atoms with van der Waals surface area (Å²) >= 11 is 0. The van der Waals surface area contributed by atoms with Crippen LogP contribution in [0.25, 0.3) is 0 Å². The minimum absolute atomic E-state index is 0.0544. The van der Waals surface area contributed by atoms with Crippen molar-refractivity contribution in [3.05, 3.63) is 80.7 Å². The molecule has 0 bridgehead atoms. The molecule has 0 saturated carbocycles. The van der Waals surface area contributed by atoms with Crippen LogP contribution in [0.4, 0.5) is 11.7 Å². The topological polar surface area (TPSA) is 111 Å².